The Labute approximate surface area is 144 Å². The molecule has 2 aromatic rings. The molecule has 1 atom stereocenters. The summed E-state index contributed by atoms with van der Waals surface area (Å²) < 4.78 is 5.21. The molecule has 128 valence electrons. The fraction of sp³-hybridized carbons (Fsp3) is 0.412. The number of furan rings is 1. The van der Waals surface area contributed by atoms with Crippen molar-refractivity contribution in [1.29, 1.82) is 0 Å². The number of piperidine rings is 1. The summed E-state index contributed by atoms with van der Waals surface area (Å²) >= 11 is 1.62. The summed E-state index contributed by atoms with van der Waals surface area (Å²) in [6.45, 7) is 2.06. The van der Waals surface area contributed by atoms with Crippen molar-refractivity contribution in [2.45, 2.75) is 25.9 Å². The van der Waals surface area contributed by atoms with Crippen LogP contribution in [-0.4, -0.2) is 29.9 Å². The molecule has 1 aliphatic rings. The van der Waals surface area contributed by atoms with Gasteiger partial charge in [0, 0.05) is 18.0 Å². The van der Waals surface area contributed by atoms with Crippen molar-refractivity contribution in [3.8, 4) is 0 Å². The second kappa shape index (κ2) is 8.01. The van der Waals surface area contributed by atoms with Crippen LogP contribution in [0, 0.1) is 5.92 Å². The molecule has 1 fully saturated rings. The van der Waals surface area contributed by atoms with Crippen molar-refractivity contribution in [2.75, 3.05) is 13.1 Å². The summed E-state index contributed by atoms with van der Waals surface area (Å²) in [6, 6.07) is 7.47. The van der Waals surface area contributed by atoms with E-state index >= 15 is 0 Å². The first kappa shape index (κ1) is 16.6. The maximum atomic E-state index is 12.3. The zero-order valence-corrected chi connectivity index (χ0v) is 14.2. The first-order valence-corrected chi connectivity index (χ1v) is 8.95. The standard InChI is InChI=1S/C17H21N3O3S/c21-16(18-10-14-5-2-8-23-14)13-4-1-7-20(12-13)17(22)19-11-15-6-3-9-24-15/h2-3,5-6,8-9,13H,1,4,7,10-12H2,(H,18,21)(H,19,22). The van der Waals surface area contributed by atoms with Gasteiger partial charge in [-0.05, 0) is 36.4 Å². The molecule has 1 saturated heterocycles. The number of nitrogens with zero attached hydrogens (tertiary/aromatic N) is 1. The number of carbonyl (C=O) groups excluding carboxylic acids is 2. The first-order chi connectivity index (χ1) is 11.7. The van der Waals surface area contributed by atoms with Crippen molar-refractivity contribution in [3.05, 3.63) is 46.5 Å². The van der Waals surface area contributed by atoms with Gasteiger partial charge in [0.15, 0.2) is 0 Å². The SMILES string of the molecule is O=C(NCc1ccco1)C1CCCN(C(=O)NCc2cccs2)C1. The Kier molecular flexibility index (Phi) is 5.53. The van der Waals surface area contributed by atoms with Gasteiger partial charge in [-0.25, -0.2) is 4.79 Å². The molecular weight excluding hydrogens is 326 g/mol. The van der Waals surface area contributed by atoms with E-state index in [4.69, 9.17) is 4.42 Å². The predicted octanol–water partition coefficient (Wildman–Crippen LogP) is 2.58. The van der Waals surface area contributed by atoms with Crippen LogP contribution in [0.2, 0.25) is 0 Å². The van der Waals surface area contributed by atoms with E-state index in [1.54, 1.807) is 28.6 Å². The molecule has 3 rings (SSSR count). The highest BCUT2D eigenvalue weighted by molar-refractivity contribution is 7.09. The molecule has 1 aliphatic heterocycles. The monoisotopic (exact) mass is 347 g/mol. The van der Waals surface area contributed by atoms with Gasteiger partial charge in [-0.3, -0.25) is 4.79 Å². The van der Waals surface area contributed by atoms with Gasteiger partial charge >= 0.3 is 6.03 Å². The Bertz CT molecular complexity index is 598. The molecular formula is C17H21N3O3S. The van der Waals surface area contributed by atoms with Crippen molar-refractivity contribution >= 4 is 23.3 Å². The van der Waals surface area contributed by atoms with Crippen LogP contribution in [0.4, 0.5) is 4.79 Å². The summed E-state index contributed by atoms with van der Waals surface area (Å²) in [5, 5.41) is 7.79. The van der Waals surface area contributed by atoms with Crippen LogP contribution in [0.15, 0.2) is 40.3 Å². The van der Waals surface area contributed by atoms with E-state index in [9.17, 15) is 9.59 Å². The number of rotatable bonds is 5. The van der Waals surface area contributed by atoms with E-state index in [0.29, 0.717) is 26.2 Å². The Hall–Kier alpha value is -2.28. The molecule has 3 amide bonds. The van der Waals surface area contributed by atoms with E-state index in [-0.39, 0.29) is 17.9 Å². The third-order valence-corrected chi connectivity index (χ3v) is 4.97. The smallest absolute Gasteiger partial charge is 0.317 e. The molecule has 0 aromatic carbocycles. The highest BCUT2D eigenvalue weighted by Crippen LogP contribution is 2.17. The van der Waals surface area contributed by atoms with Gasteiger partial charge in [-0.15, -0.1) is 11.3 Å². The summed E-state index contributed by atoms with van der Waals surface area (Å²) in [6.07, 6.45) is 3.23. The highest BCUT2D eigenvalue weighted by atomic mass is 32.1. The Morgan fingerprint density at radius 2 is 2.17 bits per heavy atom. The molecule has 6 nitrogen and oxygen atoms in total. The lowest BCUT2D eigenvalue weighted by Crippen LogP contribution is -2.48. The summed E-state index contributed by atoms with van der Waals surface area (Å²) in [5.74, 6) is 0.535. The van der Waals surface area contributed by atoms with Crippen LogP contribution in [-0.2, 0) is 17.9 Å². The molecule has 2 aromatic heterocycles. The number of hydrogen-bond acceptors (Lipinski definition) is 4. The Morgan fingerprint density at radius 3 is 2.92 bits per heavy atom. The van der Waals surface area contributed by atoms with E-state index in [2.05, 4.69) is 10.6 Å². The number of likely N-dealkylation sites (tertiary alicyclic amines) is 1. The fourth-order valence-corrected chi connectivity index (χ4v) is 3.44. The lowest BCUT2D eigenvalue weighted by Gasteiger charge is -2.32. The number of carbonyl (C=O) groups is 2. The zero-order chi connectivity index (χ0) is 16.8. The molecule has 0 spiro atoms. The van der Waals surface area contributed by atoms with E-state index in [1.807, 2.05) is 23.6 Å². The predicted molar refractivity (Wildman–Crippen MR) is 91.4 cm³/mol. The van der Waals surface area contributed by atoms with Crippen LogP contribution < -0.4 is 10.6 Å². The summed E-state index contributed by atoms with van der Waals surface area (Å²) in [4.78, 5) is 27.4. The minimum Gasteiger partial charge on any atom is -0.467 e. The number of urea groups is 1. The number of nitrogens with one attached hydrogen (secondary N) is 2. The van der Waals surface area contributed by atoms with Gasteiger partial charge in [-0.1, -0.05) is 6.07 Å². The fourth-order valence-electron chi connectivity index (χ4n) is 2.80. The average molecular weight is 347 g/mol. The van der Waals surface area contributed by atoms with Crippen molar-refractivity contribution < 1.29 is 14.0 Å². The molecule has 24 heavy (non-hydrogen) atoms. The van der Waals surface area contributed by atoms with Crippen LogP contribution in [0.5, 0.6) is 0 Å². The highest BCUT2D eigenvalue weighted by Gasteiger charge is 2.28. The van der Waals surface area contributed by atoms with Crippen LogP contribution in [0.3, 0.4) is 0 Å². The maximum Gasteiger partial charge on any atom is 0.317 e. The van der Waals surface area contributed by atoms with Gasteiger partial charge in [0.1, 0.15) is 5.76 Å². The Balaban J connectivity index is 1.46. The number of amides is 3. The number of thiophene rings is 1. The van der Waals surface area contributed by atoms with Gasteiger partial charge in [-0.2, -0.15) is 0 Å². The maximum absolute atomic E-state index is 12.3. The van der Waals surface area contributed by atoms with E-state index < -0.39 is 0 Å². The lowest BCUT2D eigenvalue weighted by atomic mass is 9.97. The minimum absolute atomic E-state index is 0.0258. The van der Waals surface area contributed by atoms with Crippen molar-refractivity contribution in [2.24, 2.45) is 5.92 Å². The molecule has 2 N–H and O–H groups in total. The van der Waals surface area contributed by atoms with E-state index in [0.717, 1.165) is 23.5 Å². The molecule has 0 bridgehead atoms. The Morgan fingerprint density at radius 1 is 1.25 bits per heavy atom. The molecule has 3 heterocycles. The summed E-state index contributed by atoms with van der Waals surface area (Å²) in [7, 11) is 0. The van der Waals surface area contributed by atoms with Gasteiger partial charge in [0.25, 0.3) is 0 Å². The minimum atomic E-state index is -0.166. The van der Waals surface area contributed by atoms with Crippen molar-refractivity contribution in [3.63, 3.8) is 0 Å². The van der Waals surface area contributed by atoms with E-state index in [1.165, 1.54) is 0 Å². The van der Waals surface area contributed by atoms with Crippen LogP contribution >= 0.6 is 11.3 Å². The quantitative estimate of drug-likeness (QED) is 0.873. The summed E-state index contributed by atoms with van der Waals surface area (Å²) in [5.41, 5.74) is 0. The lowest BCUT2D eigenvalue weighted by molar-refractivity contribution is -0.126. The third-order valence-electron chi connectivity index (χ3n) is 4.09. The van der Waals surface area contributed by atoms with Crippen LogP contribution in [0.1, 0.15) is 23.5 Å². The molecule has 0 aliphatic carbocycles. The molecule has 7 heteroatoms. The number of hydrogen-bond donors (Lipinski definition) is 2. The van der Waals surface area contributed by atoms with Gasteiger partial charge in [0.2, 0.25) is 5.91 Å². The normalized spacial score (nSPS) is 17.5. The van der Waals surface area contributed by atoms with Crippen molar-refractivity contribution in [1.82, 2.24) is 15.5 Å². The average Bonchev–Trinajstić information content (AvgIpc) is 3.31. The largest absolute Gasteiger partial charge is 0.467 e. The zero-order valence-electron chi connectivity index (χ0n) is 13.4. The van der Waals surface area contributed by atoms with Crippen LogP contribution in [0.25, 0.3) is 0 Å². The third kappa shape index (κ3) is 4.38. The topological polar surface area (TPSA) is 74.6 Å². The molecule has 1 unspecified atom stereocenters. The molecule has 0 radical (unpaired) electrons. The van der Waals surface area contributed by atoms with Gasteiger partial charge in [0.05, 0.1) is 25.3 Å². The first-order valence-electron chi connectivity index (χ1n) is 8.07. The second-order valence-corrected chi connectivity index (χ2v) is 6.85. The molecule has 0 saturated carbocycles. The second-order valence-electron chi connectivity index (χ2n) is 5.82. The van der Waals surface area contributed by atoms with Gasteiger partial charge < -0.3 is 20.0 Å².